The van der Waals surface area contributed by atoms with Gasteiger partial charge >= 0.3 is 0 Å². The fourth-order valence-corrected chi connectivity index (χ4v) is 6.89. The Morgan fingerprint density at radius 3 is 2.53 bits per heavy atom. The van der Waals surface area contributed by atoms with Crippen molar-refractivity contribution in [3.8, 4) is 11.4 Å². The summed E-state index contributed by atoms with van der Waals surface area (Å²) in [5, 5.41) is 23.4. The van der Waals surface area contributed by atoms with E-state index in [0.717, 1.165) is 37.0 Å². The predicted octanol–water partition coefficient (Wildman–Crippen LogP) is 3.57. The third kappa shape index (κ3) is 3.59. The SMILES string of the molecule is Cn1c(SCC(=O)NC23CC4CC(CC(C4)C2)C3)nnc1-c1cccc([N+](=O)[O-])c1. The third-order valence-electron chi connectivity index (χ3n) is 6.93. The first-order valence-electron chi connectivity index (χ1n) is 10.5. The number of rotatable bonds is 6. The van der Waals surface area contributed by atoms with Crippen LogP contribution in [0.4, 0.5) is 5.69 Å². The maximum Gasteiger partial charge on any atom is 0.270 e. The highest BCUT2D eigenvalue weighted by molar-refractivity contribution is 7.99. The number of hydrogen-bond donors (Lipinski definition) is 1. The Hall–Kier alpha value is -2.42. The number of amides is 1. The summed E-state index contributed by atoms with van der Waals surface area (Å²) in [4.78, 5) is 23.3. The van der Waals surface area contributed by atoms with Gasteiger partial charge in [-0.1, -0.05) is 23.9 Å². The topological polar surface area (TPSA) is 103 Å². The maximum absolute atomic E-state index is 12.7. The lowest BCUT2D eigenvalue weighted by Gasteiger charge is -2.56. The molecule has 6 rings (SSSR count). The Labute approximate surface area is 179 Å². The van der Waals surface area contributed by atoms with Crippen LogP contribution in [0.25, 0.3) is 11.4 Å². The van der Waals surface area contributed by atoms with Crippen LogP contribution in [0.1, 0.15) is 38.5 Å². The molecule has 158 valence electrons. The smallest absolute Gasteiger partial charge is 0.270 e. The Bertz CT molecular complexity index is 969. The van der Waals surface area contributed by atoms with E-state index in [2.05, 4.69) is 15.5 Å². The molecule has 4 aliphatic rings. The van der Waals surface area contributed by atoms with Crippen LogP contribution in [0.5, 0.6) is 0 Å². The summed E-state index contributed by atoms with van der Waals surface area (Å²) in [7, 11) is 1.81. The summed E-state index contributed by atoms with van der Waals surface area (Å²) in [6.07, 6.45) is 7.46. The average molecular weight is 428 g/mol. The molecule has 4 bridgehead atoms. The molecule has 0 atom stereocenters. The average Bonchev–Trinajstić information content (AvgIpc) is 3.05. The zero-order chi connectivity index (χ0) is 20.9. The van der Waals surface area contributed by atoms with E-state index in [9.17, 15) is 14.9 Å². The van der Waals surface area contributed by atoms with Crippen LogP contribution in [0.3, 0.4) is 0 Å². The van der Waals surface area contributed by atoms with Gasteiger partial charge in [0, 0.05) is 30.3 Å². The molecule has 0 saturated heterocycles. The van der Waals surface area contributed by atoms with Crippen molar-refractivity contribution < 1.29 is 9.72 Å². The number of nitro benzene ring substituents is 1. The van der Waals surface area contributed by atoms with Crippen molar-refractivity contribution in [3.63, 3.8) is 0 Å². The van der Waals surface area contributed by atoms with Crippen molar-refractivity contribution >= 4 is 23.4 Å². The van der Waals surface area contributed by atoms with Gasteiger partial charge in [0.1, 0.15) is 0 Å². The minimum absolute atomic E-state index is 0.0136. The summed E-state index contributed by atoms with van der Waals surface area (Å²) in [6.45, 7) is 0. The first kappa shape index (κ1) is 19.5. The second kappa shape index (κ2) is 7.37. The normalized spacial score (nSPS) is 29.2. The molecule has 4 aliphatic carbocycles. The van der Waals surface area contributed by atoms with E-state index < -0.39 is 4.92 Å². The fourth-order valence-electron chi connectivity index (χ4n) is 6.18. The fraction of sp³-hybridized carbons (Fsp3) is 0.571. The number of hydrogen-bond acceptors (Lipinski definition) is 6. The first-order chi connectivity index (χ1) is 14.4. The molecular formula is C21H25N5O3S. The largest absolute Gasteiger partial charge is 0.350 e. The maximum atomic E-state index is 12.7. The zero-order valence-electron chi connectivity index (χ0n) is 16.9. The van der Waals surface area contributed by atoms with Crippen LogP contribution >= 0.6 is 11.8 Å². The number of nitrogens with zero attached hydrogens (tertiary/aromatic N) is 4. The molecule has 0 aliphatic heterocycles. The van der Waals surface area contributed by atoms with Crippen molar-refractivity contribution in [2.75, 3.05) is 5.75 Å². The molecule has 0 spiro atoms. The summed E-state index contributed by atoms with van der Waals surface area (Å²) >= 11 is 1.35. The lowest BCUT2D eigenvalue weighted by atomic mass is 9.53. The van der Waals surface area contributed by atoms with E-state index >= 15 is 0 Å². The number of nitro groups is 1. The van der Waals surface area contributed by atoms with Gasteiger partial charge in [-0.2, -0.15) is 0 Å². The number of non-ortho nitro benzene ring substituents is 1. The van der Waals surface area contributed by atoms with Crippen LogP contribution < -0.4 is 5.32 Å². The van der Waals surface area contributed by atoms with Gasteiger partial charge in [0.2, 0.25) is 5.91 Å². The van der Waals surface area contributed by atoms with E-state index in [1.807, 2.05) is 7.05 Å². The molecule has 4 saturated carbocycles. The standard InChI is InChI=1S/C21H25N5O3S/c1-25-19(16-3-2-4-17(8-16)26(28)29)23-24-20(25)30-12-18(27)22-21-9-13-5-14(10-21)7-15(6-13)11-21/h2-4,8,13-15H,5-7,9-12H2,1H3,(H,22,27). The first-order valence-corrected chi connectivity index (χ1v) is 11.5. The number of benzene rings is 1. The highest BCUT2D eigenvalue weighted by Gasteiger charge is 2.51. The summed E-state index contributed by atoms with van der Waals surface area (Å²) in [5.74, 6) is 3.27. The molecule has 0 radical (unpaired) electrons. The second-order valence-electron chi connectivity index (χ2n) is 9.21. The predicted molar refractivity (Wildman–Crippen MR) is 113 cm³/mol. The van der Waals surface area contributed by atoms with Crippen LogP contribution in [-0.4, -0.2) is 36.9 Å². The summed E-state index contributed by atoms with van der Waals surface area (Å²) < 4.78 is 1.78. The molecule has 0 unspecified atom stereocenters. The Morgan fingerprint density at radius 1 is 1.23 bits per heavy atom. The molecule has 30 heavy (non-hydrogen) atoms. The molecule has 1 N–H and O–H groups in total. The van der Waals surface area contributed by atoms with Gasteiger partial charge in [0.25, 0.3) is 5.69 Å². The Kier molecular flexibility index (Phi) is 4.80. The van der Waals surface area contributed by atoms with Crippen molar-refractivity contribution in [2.24, 2.45) is 24.8 Å². The molecule has 1 heterocycles. The van der Waals surface area contributed by atoms with Gasteiger partial charge in [0.05, 0.1) is 10.7 Å². The minimum atomic E-state index is -0.426. The van der Waals surface area contributed by atoms with E-state index in [4.69, 9.17) is 0 Å². The molecule has 8 nitrogen and oxygen atoms in total. The Morgan fingerprint density at radius 2 is 1.90 bits per heavy atom. The van der Waals surface area contributed by atoms with E-state index in [1.54, 1.807) is 16.7 Å². The number of thioether (sulfide) groups is 1. The molecule has 1 aromatic heterocycles. The lowest BCUT2D eigenvalue weighted by molar-refractivity contribution is -0.384. The van der Waals surface area contributed by atoms with Gasteiger partial charge in [-0.15, -0.1) is 10.2 Å². The van der Waals surface area contributed by atoms with E-state index in [1.165, 1.54) is 43.2 Å². The van der Waals surface area contributed by atoms with Gasteiger partial charge in [-0.25, -0.2) is 0 Å². The van der Waals surface area contributed by atoms with E-state index in [-0.39, 0.29) is 17.1 Å². The van der Waals surface area contributed by atoms with Crippen LogP contribution in [0, 0.1) is 27.9 Å². The van der Waals surface area contributed by atoms with Crippen LogP contribution in [0.2, 0.25) is 0 Å². The molecule has 1 amide bonds. The molecule has 1 aromatic carbocycles. The van der Waals surface area contributed by atoms with Crippen molar-refractivity contribution in [1.82, 2.24) is 20.1 Å². The van der Waals surface area contributed by atoms with Gasteiger partial charge < -0.3 is 9.88 Å². The van der Waals surface area contributed by atoms with Gasteiger partial charge in [-0.05, 0) is 56.3 Å². The van der Waals surface area contributed by atoms with Gasteiger partial charge in [0.15, 0.2) is 11.0 Å². The monoisotopic (exact) mass is 427 g/mol. The Balaban J connectivity index is 1.24. The minimum Gasteiger partial charge on any atom is -0.350 e. The van der Waals surface area contributed by atoms with E-state index in [0.29, 0.717) is 22.3 Å². The second-order valence-corrected chi connectivity index (χ2v) is 10.1. The highest BCUT2D eigenvalue weighted by Crippen LogP contribution is 2.55. The highest BCUT2D eigenvalue weighted by atomic mass is 32.2. The molecule has 4 fully saturated rings. The van der Waals surface area contributed by atoms with Crippen LogP contribution in [-0.2, 0) is 11.8 Å². The van der Waals surface area contributed by atoms with Crippen molar-refractivity contribution in [1.29, 1.82) is 0 Å². The van der Waals surface area contributed by atoms with Gasteiger partial charge in [-0.3, -0.25) is 14.9 Å². The lowest BCUT2D eigenvalue weighted by Crippen LogP contribution is -2.60. The van der Waals surface area contributed by atoms with Crippen molar-refractivity contribution in [3.05, 3.63) is 34.4 Å². The number of nitrogens with one attached hydrogen (secondary N) is 1. The molecule has 2 aromatic rings. The number of carbonyl (C=O) groups excluding carboxylic acids is 1. The number of carbonyl (C=O) groups is 1. The quantitative estimate of drug-likeness (QED) is 0.429. The number of aromatic nitrogens is 3. The van der Waals surface area contributed by atoms with Crippen LogP contribution in [0.15, 0.2) is 29.4 Å². The van der Waals surface area contributed by atoms with Crippen molar-refractivity contribution in [2.45, 2.75) is 49.2 Å². The zero-order valence-corrected chi connectivity index (χ0v) is 17.7. The molecular weight excluding hydrogens is 402 g/mol. The third-order valence-corrected chi connectivity index (χ3v) is 7.95. The molecule has 9 heteroatoms. The summed E-state index contributed by atoms with van der Waals surface area (Å²) in [6, 6.07) is 6.33. The summed E-state index contributed by atoms with van der Waals surface area (Å²) in [5.41, 5.74) is 0.657.